The second-order valence-corrected chi connectivity index (χ2v) is 7.93. The van der Waals surface area contributed by atoms with Crippen LogP contribution in [-0.4, -0.2) is 37.1 Å². The van der Waals surface area contributed by atoms with Gasteiger partial charge in [0, 0.05) is 13.5 Å². The van der Waals surface area contributed by atoms with E-state index in [1.807, 2.05) is 30.3 Å². The minimum absolute atomic E-state index is 0.0895. The molecule has 10 nitrogen and oxygen atoms in total. The van der Waals surface area contributed by atoms with Crippen molar-refractivity contribution >= 4 is 28.6 Å². The zero-order chi connectivity index (χ0) is 24.4. The molecular weight excluding hydrogens is 450 g/mol. The van der Waals surface area contributed by atoms with Gasteiger partial charge >= 0.3 is 5.97 Å². The maximum Gasteiger partial charge on any atom is 0.329 e. The maximum atomic E-state index is 13.1. The van der Waals surface area contributed by atoms with Gasteiger partial charge in [0.25, 0.3) is 11.5 Å². The van der Waals surface area contributed by atoms with Crippen LogP contribution in [0.2, 0.25) is 0 Å². The summed E-state index contributed by atoms with van der Waals surface area (Å²) in [6.07, 6.45) is 1.61. The molecule has 10 heteroatoms. The molecule has 0 aliphatic carbocycles. The van der Waals surface area contributed by atoms with E-state index in [2.05, 4.69) is 15.5 Å². The van der Waals surface area contributed by atoms with Gasteiger partial charge in [0.2, 0.25) is 5.78 Å². The fraction of sp³-hybridized carbons (Fsp3) is 0.160. The van der Waals surface area contributed by atoms with Crippen molar-refractivity contribution in [3.8, 4) is 0 Å². The van der Waals surface area contributed by atoms with E-state index in [9.17, 15) is 14.4 Å². The average molecular weight is 471 g/mol. The number of nitrogens with one attached hydrogen (secondary N) is 1. The van der Waals surface area contributed by atoms with Crippen molar-refractivity contribution in [3.05, 3.63) is 100 Å². The number of nitrogens with zero attached hydrogens (tertiary/aromatic N) is 4. The number of para-hydroxylation sites is 1. The highest BCUT2D eigenvalue weighted by molar-refractivity contribution is 5.94. The summed E-state index contributed by atoms with van der Waals surface area (Å²) in [4.78, 5) is 38.3. The molecule has 0 unspecified atom stereocenters. The number of hydrogen-bond donors (Lipinski definition) is 1. The minimum atomic E-state index is -0.963. The van der Waals surface area contributed by atoms with Gasteiger partial charge in [0.1, 0.15) is 6.04 Å². The van der Waals surface area contributed by atoms with Crippen LogP contribution in [0.5, 0.6) is 0 Å². The first kappa shape index (κ1) is 22.1. The topological polar surface area (TPSA) is 121 Å². The van der Waals surface area contributed by atoms with E-state index in [-0.39, 0.29) is 24.3 Å². The zero-order valence-corrected chi connectivity index (χ0v) is 18.7. The molecule has 0 aliphatic rings. The number of furan rings is 1. The van der Waals surface area contributed by atoms with E-state index in [1.165, 1.54) is 16.9 Å². The van der Waals surface area contributed by atoms with Gasteiger partial charge in [-0.1, -0.05) is 42.5 Å². The Morgan fingerprint density at radius 1 is 1.03 bits per heavy atom. The van der Waals surface area contributed by atoms with Crippen LogP contribution in [0.25, 0.3) is 16.7 Å². The van der Waals surface area contributed by atoms with Gasteiger partial charge in [-0.2, -0.15) is 0 Å². The molecule has 1 N–H and O–H groups in total. The van der Waals surface area contributed by atoms with Crippen molar-refractivity contribution in [2.24, 2.45) is 7.05 Å². The van der Waals surface area contributed by atoms with Crippen LogP contribution in [0.15, 0.2) is 82.2 Å². The van der Waals surface area contributed by atoms with Crippen molar-refractivity contribution < 1.29 is 18.7 Å². The van der Waals surface area contributed by atoms with Crippen molar-refractivity contribution in [2.75, 3.05) is 0 Å². The smallest absolute Gasteiger partial charge is 0.329 e. The van der Waals surface area contributed by atoms with Gasteiger partial charge in [0.05, 0.1) is 17.2 Å². The minimum Gasteiger partial charge on any atom is -0.459 e. The molecule has 0 saturated heterocycles. The van der Waals surface area contributed by atoms with Crippen molar-refractivity contribution in [2.45, 2.75) is 19.1 Å². The summed E-state index contributed by atoms with van der Waals surface area (Å²) in [5.74, 6) is -0.407. The van der Waals surface area contributed by atoms with E-state index >= 15 is 0 Å². The van der Waals surface area contributed by atoms with Gasteiger partial charge in [0.15, 0.2) is 18.2 Å². The summed E-state index contributed by atoms with van der Waals surface area (Å²) in [5, 5.41) is 11.4. The monoisotopic (exact) mass is 471 g/mol. The van der Waals surface area contributed by atoms with Crippen LogP contribution in [0.3, 0.4) is 0 Å². The molecule has 2 aromatic carbocycles. The Bertz CT molecular complexity index is 1570. The molecule has 1 atom stereocenters. The third-order valence-electron chi connectivity index (χ3n) is 5.65. The molecular formula is C25H21N5O5. The fourth-order valence-corrected chi connectivity index (χ4v) is 3.90. The fourth-order valence-electron chi connectivity index (χ4n) is 3.90. The summed E-state index contributed by atoms with van der Waals surface area (Å²) < 4.78 is 13.8. The molecule has 0 spiro atoms. The van der Waals surface area contributed by atoms with Crippen LogP contribution in [0, 0.1) is 0 Å². The van der Waals surface area contributed by atoms with E-state index in [4.69, 9.17) is 9.15 Å². The summed E-state index contributed by atoms with van der Waals surface area (Å²) >= 11 is 0. The van der Waals surface area contributed by atoms with E-state index in [1.54, 1.807) is 41.8 Å². The lowest BCUT2D eigenvalue weighted by atomic mass is 10.1. The van der Waals surface area contributed by atoms with Crippen LogP contribution in [-0.2, 0) is 29.6 Å². The molecule has 0 aliphatic heterocycles. The first-order valence-corrected chi connectivity index (χ1v) is 10.9. The first-order valence-electron chi connectivity index (χ1n) is 10.9. The van der Waals surface area contributed by atoms with E-state index < -0.39 is 17.9 Å². The Kier molecular flexibility index (Phi) is 5.84. The number of rotatable bonds is 7. The Morgan fingerprint density at radius 2 is 1.80 bits per heavy atom. The third-order valence-corrected chi connectivity index (χ3v) is 5.65. The molecule has 5 rings (SSSR count). The molecule has 1 amide bonds. The number of aromatic nitrogens is 4. The average Bonchev–Trinajstić information content (AvgIpc) is 3.57. The summed E-state index contributed by atoms with van der Waals surface area (Å²) in [5.41, 5.74) is 1.25. The molecule has 0 fully saturated rings. The lowest BCUT2D eigenvalue weighted by molar-refractivity contribution is -0.147. The Morgan fingerprint density at radius 3 is 2.57 bits per heavy atom. The van der Waals surface area contributed by atoms with Gasteiger partial charge in [-0.05, 0) is 29.8 Å². The predicted octanol–water partition coefficient (Wildman–Crippen LogP) is 2.26. The van der Waals surface area contributed by atoms with Crippen molar-refractivity contribution in [1.82, 2.24) is 24.5 Å². The number of hydrogen-bond acceptors (Lipinski definition) is 7. The van der Waals surface area contributed by atoms with Crippen molar-refractivity contribution in [3.63, 3.8) is 0 Å². The molecule has 0 saturated carbocycles. The number of carbonyl (C=O) groups is 2. The molecule has 35 heavy (non-hydrogen) atoms. The van der Waals surface area contributed by atoms with E-state index in [0.29, 0.717) is 22.5 Å². The summed E-state index contributed by atoms with van der Waals surface area (Å²) in [7, 11) is 1.61. The number of amides is 1. The Balaban J connectivity index is 1.41. The highest BCUT2D eigenvalue weighted by Gasteiger charge is 2.25. The molecule has 3 heterocycles. The summed E-state index contributed by atoms with van der Waals surface area (Å²) in [6.45, 7) is -0.204. The van der Waals surface area contributed by atoms with Crippen LogP contribution in [0.4, 0.5) is 0 Å². The van der Waals surface area contributed by atoms with Gasteiger partial charge in [-0.15, -0.1) is 10.2 Å². The zero-order valence-electron chi connectivity index (χ0n) is 18.7. The highest BCUT2D eigenvalue weighted by Crippen LogP contribution is 2.15. The maximum absolute atomic E-state index is 13.1. The number of esters is 1. The number of carbonyl (C=O) groups excluding carboxylic acids is 2. The van der Waals surface area contributed by atoms with Crippen molar-refractivity contribution in [1.29, 1.82) is 0 Å². The molecule has 3 aromatic heterocycles. The summed E-state index contributed by atoms with van der Waals surface area (Å²) in [6, 6.07) is 18.5. The molecule has 0 bridgehead atoms. The second-order valence-electron chi connectivity index (χ2n) is 7.93. The number of aryl methyl sites for hydroxylation is 1. The lowest BCUT2D eigenvalue weighted by Gasteiger charge is -2.17. The highest BCUT2D eigenvalue weighted by atomic mass is 16.5. The first-order chi connectivity index (χ1) is 17.0. The van der Waals surface area contributed by atoms with Gasteiger partial charge in [-0.3, -0.25) is 18.6 Å². The molecule has 5 aromatic rings. The Labute approximate surface area is 198 Å². The van der Waals surface area contributed by atoms with Crippen LogP contribution < -0.4 is 10.9 Å². The molecule has 0 radical (unpaired) electrons. The van der Waals surface area contributed by atoms with Crippen LogP contribution >= 0.6 is 0 Å². The predicted molar refractivity (Wildman–Crippen MR) is 126 cm³/mol. The number of ether oxygens (including phenoxy) is 1. The second kappa shape index (κ2) is 9.26. The largest absolute Gasteiger partial charge is 0.459 e. The Hall–Kier alpha value is -4.73. The lowest BCUT2D eigenvalue weighted by Crippen LogP contribution is -2.43. The van der Waals surface area contributed by atoms with Gasteiger partial charge in [-0.25, -0.2) is 4.79 Å². The molecule has 176 valence electrons. The van der Waals surface area contributed by atoms with E-state index in [0.717, 1.165) is 5.56 Å². The number of benzene rings is 2. The normalized spacial score (nSPS) is 12.0. The van der Waals surface area contributed by atoms with Gasteiger partial charge < -0.3 is 14.5 Å². The van der Waals surface area contributed by atoms with Crippen LogP contribution in [0.1, 0.15) is 21.9 Å². The third kappa shape index (κ3) is 4.29. The number of fused-ring (bicyclic) bond motifs is 3. The SMILES string of the molecule is Cn1c(=O)c2ccccc2n2c(COC(=O)[C@H](Cc3ccccc3)NC(=O)c3ccco3)nnc12. The quantitative estimate of drug-likeness (QED) is 0.362. The standard InChI is InChI=1S/C25H21N5O5/c1-29-23(32)17-10-5-6-11-19(17)30-21(27-28-25(29)30)15-35-24(33)18(14-16-8-3-2-4-9-16)26-22(31)20-12-7-13-34-20/h2-13,18H,14-15H2,1H3,(H,26,31)/t18-/m0/s1.